The van der Waals surface area contributed by atoms with Gasteiger partial charge < -0.3 is 14.8 Å². The summed E-state index contributed by atoms with van der Waals surface area (Å²) in [5.41, 5.74) is 1.96. The monoisotopic (exact) mass is 444 g/mol. The fraction of sp³-hybridized carbons (Fsp3) is 0.192. The van der Waals surface area contributed by atoms with E-state index in [-0.39, 0.29) is 17.7 Å². The van der Waals surface area contributed by atoms with Gasteiger partial charge >= 0.3 is 0 Å². The van der Waals surface area contributed by atoms with E-state index in [1.54, 1.807) is 66.7 Å². The largest absolute Gasteiger partial charge is 0.493 e. The number of unbranched alkanes of at least 4 members (excludes halogenated alkanes) is 1. The average molecular weight is 444 g/mol. The van der Waals surface area contributed by atoms with Crippen LogP contribution in [0.2, 0.25) is 0 Å². The molecule has 0 spiro atoms. The molecule has 1 aliphatic rings. The molecule has 3 aromatic rings. The van der Waals surface area contributed by atoms with Crippen LogP contribution in [0.25, 0.3) is 0 Å². The first-order valence-corrected chi connectivity index (χ1v) is 10.7. The van der Waals surface area contributed by atoms with Gasteiger partial charge in [0.2, 0.25) is 0 Å². The first kappa shape index (κ1) is 22.1. The van der Waals surface area contributed by atoms with Gasteiger partial charge in [-0.3, -0.25) is 14.4 Å². The summed E-state index contributed by atoms with van der Waals surface area (Å²) in [5.74, 6) is -0.0773. The van der Waals surface area contributed by atoms with Crippen molar-refractivity contribution in [3.05, 3.63) is 83.4 Å². The fourth-order valence-electron chi connectivity index (χ4n) is 3.60. The lowest BCUT2D eigenvalue weighted by Crippen LogP contribution is -2.29. The molecule has 0 fully saturated rings. The molecule has 3 aromatic carbocycles. The van der Waals surface area contributed by atoms with Crippen LogP contribution in [-0.4, -0.2) is 31.4 Å². The number of hydrogen-bond donors (Lipinski definition) is 1. The maximum atomic E-state index is 12.8. The fourth-order valence-corrected chi connectivity index (χ4v) is 3.60. The third kappa shape index (κ3) is 4.43. The Labute approximate surface area is 191 Å². The lowest BCUT2D eigenvalue weighted by atomic mass is 10.1. The Morgan fingerprint density at radius 2 is 1.64 bits per heavy atom. The van der Waals surface area contributed by atoms with E-state index in [1.165, 1.54) is 7.11 Å². The SMILES string of the molecule is CCCCOc1ccc(C(=O)Nc2cccc(N3C(=O)c4ccccc4C3=O)c2)cc1OC. The molecule has 3 amide bonds. The molecule has 33 heavy (non-hydrogen) atoms. The van der Waals surface area contributed by atoms with Crippen LogP contribution in [0.5, 0.6) is 11.5 Å². The van der Waals surface area contributed by atoms with Gasteiger partial charge in [0.1, 0.15) is 0 Å². The number of rotatable bonds is 8. The molecule has 7 heteroatoms. The highest BCUT2D eigenvalue weighted by molar-refractivity contribution is 6.34. The molecule has 0 bridgehead atoms. The van der Waals surface area contributed by atoms with Gasteiger partial charge in [-0.2, -0.15) is 0 Å². The first-order valence-electron chi connectivity index (χ1n) is 10.7. The molecule has 0 unspecified atom stereocenters. The average Bonchev–Trinajstić information content (AvgIpc) is 3.09. The first-order chi connectivity index (χ1) is 16.0. The summed E-state index contributed by atoms with van der Waals surface area (Å²) in [7, 11) is 1.52. The minimum atomic E-state index is -0.387. The Bertz CT molecular complexity index is 1190. The number of nitrogens with one attached hydrogen (secondary N) is 1. The standard InChI is InChI=1S/C26H24N2O5/c1-3-4-14-33-22-13-12-17(15-23(22)32-2)24(29)27-18-8-7-9-19(16-18)28-25(30)20-10-5-6-11-21(20)26(28)31/h5-13,15-16H,3-4,14H2,1-2H3,(H,27,29). The second-order valence-electron chi connectivity index (χ2n) is 7.56. The normalized spacial score (nSPS) is 12.5. The summed E-state index contributed by atoms with van der Waals surface area (Å²) in [5, 5.41) is 2.81. The van der Waals surface area contributed by atoms with Gasteiger partial charge in [-0.1, -0.05) is 31.5 Å². The van der Waals surface area contributed by atoms with Gasteiger partial charge in [-0.15, -0.1) is 0 Å². The summed E-state index contributed by atoms with van der Waals surface area (Å²) >= 11 is 0. The second-order valence-corrected chi connectivity index (χ2v) is 7.56. The van der Waals surface area contributed by atoms with Gasteiger partial charge in [0.15, 0.2) is 11.5 Å². The lowest BCUT2D eigenvalue weighted by molar-refractivity contribution is 0.0925. The smallest absolute Gasteiger partial charge is 0.266 e. The van der Waals surface area contributed by atoms with Gasteiger partial charge in [-0.05, 0) is 55.0 Å². The highest BCUT2D eigenvalue weighted by Crippen LogP contribution is 2.31. The van der Waals surface area contributed by atoms with Crippen molar-refractivity contribution in [2.45, 2.75) is 19.8 Å². The van der Waals surface area contributed by atoms with Gasteiger partial charge in [0, 0.05) is 11.3 Å². The highest BCUT2D eigenvalue weighted by Gasteiger charge is 2.36. The van der Waals surface area contributed by atoms with Gasteiger partial charge in [0.05, 0.1) is 30.5 Å². The van der Waals surface area contributed by atoms with E-state index in [4.69, 9.17) is 9.47 Å². The van der Waals surface area contributed by atoms with E-state index in [2.05, 4.69) is 12.2 Å². The van der Waals surface area contributed by atoms with E-state index in [1.807, 2.05) is 0 Å². The van der Waals surface area contributed by atoms with E-state index in [0.717, 1.165) is 17.7 Å². The number of benzene rings is 3. The van der Waals surface area contributed by atoms with Gasteiger partial charge in [-0.25, -0.2) is 4.90 Å². The van der Waals surface area contributed by atoms with Crippen molar-refractivity contribution in [2.75, 3.05) is 23.9 Å². The molecule has 0 saturated carbocycles. The van der Waals surface area contributed by atoms with Crippen molar-refractivity contribution in [2.24, 2.45) is 0 Å². The molecule has 4 rings (SSSR count). The number of fused-ring (bicyclic) bond motifs is 1. The van der Waals surface area contributed by atoms with Crippen LogP contribution in [-0.2, 0) is 0 Å². The third-order valence-corrected chi connectivity index (χ3v) is 5.34. The molecule has 168 valence electrons. The Morgan fingerprint density at radius 3 is 2.30 bits per heavy atom. The number of nitrogens with zero attached hydrogens (tertiary/aromatic N) is 1. The summed E-state index contributed by atoms with van der Waals surface area (Å²) in [6, 6.07) is 18.3. The summed E-state index contributed by atoms with van der Waals surface area (Å²) < 4.78 is 11.1. The molecule has 0 aliphatic carbocycles. The quantitative estimate of drug-likeness (QED) is 0.393. The minimum Gasteiger partial charge on any atom is -0.493 e. The molecule has 7 nitrogen and oxygen atoms in total. The van der Waals surface area contributed by atoms with E-state index < -0.39 is 0 Å². The maximum Gasteiger partial charge on any atom is 0.266 e. The Kier molecular flexibility index (Phi) is 6.40. The van der Waals surface area contributed by atoms with Crippen molar-refractivity contribution >= 4 is 29.1 Å². The van der Waals surface area contributed by atoms with Gasteiger partial charge in [0.25, 0.3) is 17.7 Å². The van der Waals surface area contributed by atoms with Crippen LogP contribution in [0.4, 0.5) is 11.4 Å². The van der Waals surface area contributed by atoms with Crippen molar-refractivity contribution in [3.63, 3.8) is 0 Å². The van der Waals surface area contributed by atoms with Crippen LogP contribution >= 0.6 is 0 Å². The number of anilines is 2. The van der Waals surface area contributed by atoms with Crippen molar-refractivity contribution in [3.8, 4) is 11.5 Å². The third-order valence-electron chi connectivity index (χ3n) is 5.34. The van der Waals surface area contributed by atoms with Crippen LogP contribution in [0.3, 0.4) is 0 Å². The molecule has 0 saturated heterocycles. The summed E-state index contributed by atoms with van der Waals surface area (Å²) in [4.78, 5) is 39.5. The van der Waals surface area contributed by atoms with Crippen molar-refractivity contribution < 1.29 is 23.9 Å². The lowest BCUT2D eigenvalue weighted by Gasteiger charge is -2.16. The minimum absolute atomic E-state index is 0.354. The number of ether oxygens (including phenoxy) is 2. The number of amides is 3. The molecule has 0 atom stereocenters. The number of methoxy groups -OCH3 is 1. The Balaban J connectivity index is 1.52. The molecule has 0 aromatic heterocycles. The Hall–Kier alpha value is -4.13. The molecular formula is C26H24N2O5. The number of hydrogen-bond acceptors (Lipinski definition) is 5. The predicted molar refractivity (Wildman–Crippen MR) is 125 cm³/mol. The molecular weight excluding hydrogens is 420 g/mol. The summed E-state index contributed by atoms with van der Waals surface area (Å²) in [6.07, 6.45) is 1.94. The second kappa shape index (κ2) is 9.56. The van der Waals surface area contributed by atoms with Crippen LogP contribution in [0.15, 0.2) is 66.7 Å². The van der Waals surface area contributed by atoms with Crippen LogP contribution < -0.4 is 19.7 Å². The summed E-state index contributed by atoms with van der Waals surface area (Å²) in [6.45, 7) is 2.65. The zero-order valence-corrected chi connectivity index (χ0v) is 18.5. The van der Waals surface area contributed by atoms with Crippen molar-refractivity contribution in [1.29, 1.82) is 0 Å². The van der Waals surface area contributed by atoms with Crippen molar-refractivity contribution in [1.82, 2.24) is 0 Å². The van der Waals surface area contributed by atoms with E-state index in [9.17, 15) is 14.4 Å². The number of imide groups is 1. The van der Waals surface area contributed by atoms with E-state index >= 15 is 0 Å². The molecule has 1 N–H and O–H groups in total. The highest BCUT2D eigenvalue weighted by atomic mass is 16.5. The van der Waals surface area contributed by atoms with E-state index in [0.29, 0.717) is 46.2 Å². The zero-order valence-electron chi connectivity index (χ0n) is 18.5. The zero-order chi connectivity index (χ0) is 23.4. The maximum absolute atomic E-state index is 12.8. The number of carbonyl (C=O) groups excluding carboxylic acids is 3. The molecule has 0 radical (unpaired) electrons. The Morgan fingerprint density at radius 1 is 0.909 bits per heavy atom. The topological polar surface area (TPSA) is 84.9 Å². The predicted octanol–water partition coefficient (Wildman–Crippen LogP) is 4.93. The van der Waals surface area contributed by atoms with Crippen LogP contribution in [0.1, 0.15) is 50.8 Å². The molecule has 1 heterocycles. The number of carbonyl (C=O) groups is 3. The van der Waals surface area contributed by atoms with Crippen LogP contribution in [0, 0.1) is 0 Å². The molecule has 1 aliphatic heterocycles.